The van der Waals surface area contributed by atoms with Gasteiger partial charge in [-0.2, -0.15) is 11.8 Å². The Hall–Kier alpha value is -1.95. The molecule has 118 valence electrons. The van der Waals surface area contributed by atoms with E-state index in [2.05, 4.69) is 0 Å². The summed E-state index contributed by atoms with van der Waals surface area (Å²) in [6, 6.07) is 6.75. The maximum atomic E-state index is 12.5. The summed E-state index contributed by atoms with van der Waals surface area (Å²) in [5.41, 5.74) is 3.83. The van der Waals surface area contributed by atoms with Gasteiger partial charge in [-0.25, -0.2) is 0 Å². The lowest BCUT2D eigenvalue weighted by Crippen LogP contribution is -2.32. The molecule has 1 fully saturated rings. The van der Waals surface area contributed by atoms with Crippen LogP contribution in [0.5, 0.6) is 0 Å². The second kappa shape index (κ2) is 5.60. The van der Waals surface area contributed by atoms with Crippen molar-refractivity contribution in [3.8, 4) is 0 Å². The van der Waals surface area contributed by atoms with Crippen LogP contribution in [0.1, 0.15) is 37.2 Å². The van der Waals surface area contributed by atoms with E-state index in [1.54, 1.807) is 12.1 Å². The number of fused-ring (bicyclic) bond motifs is 1. The number of aliphatic imine (C=N–C) groups is 1. The Bertz CT molecular complexity index is 769. The average Bonchev–Trinajstić information content (AvgIpc) is 3.01. The fourth-order valence-electron chi connectivity index (χ4n) is 3.75. The summed E-state index contributed by atoms with van der Waals surface area (Å²) in [5.74, 6) is 1.08. The van der Waals surface area contributed by atoms with E-state index in [0.29, 0.717) is 6.42 Å². The number of thioether (sulfide) groups is 1. The van der Waals surface area contributed by atoms with Crippen LogP contribution >= 0.6 is 11.8 Å². The number of allylic oxidation sites excluding steroid dienone is 2. The van der Waals surface area contributed by atoms with Gasteiger partial charge in [0.25, 0.3) is 5.69 Å². The first-order chi connectivity index (χ1) is 11.1. The van der Waals surface area contributed by atoms with Crippen molar-refractivity contribution in [2.24, 2.45) is 4.99 Å². The average molecular weight is 328 g/mol. The molecule has 1 saturated heterocycles. The first-order valence-electron chi connectivity index (χ1n) is 7.85. The number of nitro groups is 1. The number of Topliss-reactive ketones (excluding diaryl/α,β-unsaturated/α-hetero) is 1. The Labute approximate surface area is 138 Å². The number of rotatable bonds is 2. The maximum Gasteiger partial charge on any atom is 0.269 e. The fraction of sp³-hybridized carbons (Fsp3) is 0.412. The molecule has 0 N–H and O–H groups in total. The van der Waals surface area contributed by atoms with Crippen molar-refractivity contribution in [2.75, 3.05) is 5.75 Å². The van der Waals surface area contributed by atoms with E-state index >= 15 is 0 Å². The first kappa shape index (κ1) is 14.6. The van der Waals surface area contributed by atoms with Gasteiger partial charge < -0.3 is 0 Å². The number of non-ortho nitro benzene ring substituents is 1. The largest absolute Gasteiger partial charge is 0.294 e. The lowest BCUT2D eigenvalue weighted by Gasteiger charge is -2.33. The van der Waals surface area contributed by atoms with Crippen molar-refractivity contribution in [1.82, 2.24) is 0 Å². The first-order valence-corrected chi connectivity index (χ1v) is 8.89. The summed E-state index contributed by atoms with van der Waals surface area (Å²) in [6.07, 6.45) is 3.21. The standard InChI is InChI=1S/C17H16N2O3S/c20-14-6-2-5-12-16(14)15(17-13(18-12)7-8-23-17)10-3-1-4-11(9-10)19(21)22/h1,3-4,9,15,17H,2,5-8H2. The molecule has 4 rings (SSSR count). The van der Waals surface area contributed by atoms with Gasteiger partial charge in [0.15, 0.2) is 5.78 Å². The van der Waals surface area contributed by atoms with Gasteiger partial charge in [-0.05, 0) is 30.6 Å². The molecule has 6 heteroatoms. The molecule has 2 aliphatic heterocycles. The number of carbonyl (C=O) groups excluding carboxylic acids is 1. The fourth-order valence-corrected chi connectivity index (χ4v) is 5.18. The minimum absolute atomic E-state index is 0.0833. The summed E-state index contributed by atoms with van der Waals surface area (Å²) in [5, 5.41) is 11.3. The molecular weight excluding hydrogens is 312 g/mol. The van der Waals surface area contributed by atoms with Gasteiger partial charge in [0, 0.05) is 41.5 Å². The number of ketones is 1. The van der Waals surface area contributed by atoms with Crippen molar-refractivity contribution < 1.29 is 9.72 Å². The number of hydrogen-bond donors (Lipinski definition) is 0. The Balaban J connectivity index is 1.86. The molecule has 0 aromatic heterocycles. The highest BCUT2D eigenvalue weighted by molar-refractivity contribution is 8.01. The lowest BCUT2D eigenvalue weighted by molar-refractivity contribution is -0.384. The highest BCUT2D eigenvalue weighted by Gasteiger charge is 2.42. The van der Waals surface area contributed by atoms with Crippen LogP contribution in [0.2, 0.25) is 0 Å². The van der Waals surface area contributed by atoms with Crippen molar-refractivity contribution in [1.29, 1.82) is 0 Å². The summed E-state index contributed by atoms with van der Waals surface area (Å²) in [7, 11) is 0. The van der Waals surface area contributed by atoms with E-state index in [1.807, 2.05) is 17.8 Å². The lowest BCUT2D eigenvalue weighted by atomic mass is 9.77. The second-order valence-electron chi connectivity index (χ2n) is 6.11. The maximum absolute atomic E-state index is 12.5. The van der Waals surface area contributed by atoms with Gasteiger partial charge in [-0.1, -0.05) is 12.1 Å². The Morgan fingerprint density at radius 3 is 2.96 bits per heavy atom. The second-order valence-corrected chi connectivity index (χ2v) is 7.36. The Morgan fingerprint density at radius 2 is 2.13 bits per heavy atom. The molecule has 3 aliphatic rings. The minimum atomic E-state index is -0.374. The molecule has 2 unspecified atom stereocenters. The third-order valence-corrected chi connectivity index (χ3v) is 6.09. The molecule has 1 aliphatic carbocycles. The molecule has 2 atom stereocenters. The molecule has 0 saturated carbocycles. The molecule has 1 aromatic carbocycles. The SMILES string of the molecule is O=C1CCCC2=C1C(c1cccc([N+](=O)[O-])c1)C1SCCC1=N2. The van der Waals surface area contributed by atoms with E-state index in [1.165, 1.54) is 6.07 Å². The predicted molar refractivity (Wildman–Crippen MR) is 90.0 cm³/mol. The van der Waals surface area contributed by atoms with Gasteiger partial charge in [-0.3, -0.25) is 19.9 Å². The van der Waals surface area contributed by atoms with Crippen LogP contribution < -0.4 is 0 Å². The van der Waals surface area contributed by atoms with Crippen molar-refractivity contribution in [3.05, 3.63) is 51.2 Å². The van der Waals surface area contributed by atoms with E-state index < -0.39 is 0 Å². The summed E-state index contributed by atoms with van der Waals surface area (Å²) in [6.45, 7) is 0. The van der Waals surface area contributed by atoms with Gasteiger partial charge in [0.05, 0.1) is 10.2 Å². The number of carbonyl (C=O) groups is 1. The smallest absolute Gasteiger partial charge is 0.269 e. The summed E-state index contributed by atoms with van der Waals surface area (Å²) >= 11 is 1.81. The van der Waals surface area contributed by atoms with Gasteiger partial charge in [-0.15, -0.1) is 0 Å². The summed E-state index contributed by atoms with van der Waals surface area (Å²) < 4.78 is 0. The molecule has 5 nitrogen and oxygen atoms in total. The molecular formula is C17H16N2O3S. The molecule has 23 heavy (non-hydrogen) atoms. The monoisotopic (exact) mass is 328 g/mol. The van der Waals surface area contributed by atoms with Gasteiger partial charge in [0.2, 0.25) is 0 Å². The highest BCUT2D eigenvalue weighted by atomic mass is 32.2. The number of hydrogen-bond acceptors (Lipinski definition) is 5. The number of benzene rings is 1. The van der Waals surface area contributed by atoms with Gasteiger partial charge >= 0.3 is 0 Å². The number of nitrogens with zero attached hydrogens (tertiary/aromatic N) is 2. The van der Waals surface area contributed by atoms with Crippen molar-refractivity contribution >= 4 is 28.9 Å². The quantitative estimate of drug-likeness (QED) is 0.613. The molecule has 2 heterocycles. The highest BCUT2D eigenvalue weighted by Crippen LogP contribution is 2.47. The topological polar surface area (TPSA) is 72.6 Å². The zero-order valence-corrected chi connectivity index (χ0v) is 13.3. The zero-order chi connectivity index (χ0) is 16.0. The van der Waals surface area contributed by atoms with E-state index in [-0.39, 0.29) is 27.6 Å². The normalized spacial score (nSPS) is 26.6. The minimum Gasteiger partial charge on any atom is -0.294 e. The third kappa shape index (κ3) is 2.41. The van der Waals surface area contributed by atoms with Gasteiger partial charge in [0.1, 0.15) is 0 Å². The Morgan fingerprint density at radius 1 is 1.26 bits per heavy atom. The van der Waals surface area contributed by atoms with Crippen LogP contribution in [0.3, 0.4) is 0 Å². The molecule has 1 aromatic rings. The summed E-state index contributed by atoms with van der Waals surface area (Å²) in [4.78, 5) is 28.1. The van der Waals surface area contributed by atoms with Crippen molar-refractivity contribution in [3.63, 3.8) is 0 Å². The molecule has 0 radical (unpaired) electrons. The van der Waals surface area contributed by atoms with Crippen LogP contribution in [0, 0.1) is 10.1 Å². The van der Waals surface area contributed by atoms with Crippen LogP contribution in [-0.2, 0) is 4.79 Å². The van der Waals surface area contributed by atoms with Crippen LogP contribution in [-0.4, -0.2) is 27.4 Å². The van der Waals surface area contributed by atoms with Crippen molar-refractivity contribution in [2.45, 2.75) is 36.9 Å². The van der Waals surface area contributed by atoms with Crippen LogP contribution in [0.4, 0.5) is 5.69 Å². The van der Waals surface area contributed by atoms with E-state index in [0.717, 1.165) is 47.6 Å². The molecule has 0 amide bonds. The molecule has 0 spiro atoms. The Kier molecular flexibility index (Phi) is 3.56. The predicted octanol–water partition coefficient (Wildman–Crippen LogP) is 3.65. The van der Waals surface area contributed by atoms with Crippen LogP contribution in [0.25, 0.3) is 0 Å². The van der Waals surface area contributed by atoms with Crippen LogP contribution in [0.15, 0.2) is 40.5 Å². The zero-order valence-electron chi connectivity index (χ0n) is 12.5. The molecule has 0 bridgehead atoms. The van der Waals surface area contributed by atoms with E-state index in [9.17, 15) is 14.9 Å². The van der Waals surface area contributed by atoms with E-state index in [4.69, 9.17) is 4.99 Å². The number of nitro benzene ring substituents is 1. The third-order valence-electron chi connectivity index (χ3n) is 4.75.